The molecule has 2 aromatic heterocycles. The summed E-state index contributed by atoms with van der Waals surface area (Å²) in [6.45, 7) is -1.13. The molecular weight excluding hydrogens is 293 g/mol. The van der Waals surface area contributed by atoms with E-state index in [0.29, 0.717) is 21.7 Å². The Morgan fingerprint density at radius 2 is 2.10 bits per heavy atom. The molecule has 1 aromatic carbocycles. The van der Waals surface area contributed by atoms with Crippen LogP contribution in [0.2, 0.25) is 5.02 Å². The Hall–Kier alpha value is -1.95. The van der Waals surface area contributed by atoms with E-state index in [9.17, 15) is 13.2 Å². The first-order valence-corrected chi connectivity index (χ1v) is 6.06. The van der Waals surface area contributed by atoms with E-state index in [2.05, 4.69) is 5.10 Å². The second-order valence-corrected chi connectivity index (χ2v) is 4.74. The lowest BCUT2D eigenvalue weighted by Gasteiger charge is -2.05. The molecule has 0 saturated heterocycles. The molecule has 0 aliphatic heterocycles. The fourth-order valence-corrected chi connectivity index (χ4v) is 2.26. The van der Waals surface area contributed by atoms with Crippen molar-refractivity contribution in [1.82, 2.24) is 9.78 Å². The van der Waals surface area contributed by atoms with Gasteiger partial charge in [-0.3, -0.25) is 4.68 Å². The Morgan fingerprint density at radius 3 is 2.85 bits per heavy atom. The van der Waals surface area contributed by atoms with Crippen molar-refractivity contribution in [3.05, 3.63) is 41.9 Å². The van der Waals surface area contributed by atoms with E-state index in [1.54, 1.807) is 18.2 Å². The highest BCUT2D eigenvalue weighted by Crippen LogP contribution is 2.32. The predicted octanol–water partition coefficient (Wildman–Crippen LogP) is 4.51. The summed E-state index contributed by atoms with van der Waals surface area (Å²) in [5, 5.41) is 4.96. The maximum Gasteiger partial charge on any atom is 0.408 e. The van der Waals surface area contributed by atoms with Gasteiger partial charge < -0.3 is 4.42 Å². The molecule has 0 aliphatic carbocycles. The molecule has 0 fully saturated rings. The third kappa shape index (κ3) is 2.51. The summed E-state index contributed by atoms with van der Waals surface area (Å²) in [6, 6.07) is 5.15. The van der Waals surface area contributed by atoms with Gasteiger partial charge in [-0.15, -0.1) is 0 Å². The first-order chi connectivity index (χ1) is 9.42. The largest absolute Gasteiger partial charge is 0.464 e. The summed E-state index contributed by atoms with van der Waals surface area (Å²) < 4.78 is 43.0. The number of nitrogens with zero attached hydrogens (tertiary/aromatic N) is 2. The van der Waals surface area contributed by atoms with Crippen LogP contribution in [-0.4, -0.2) is 16.0 Å². The van der Waals surface area contributed by atoms with Crippen molar-refractivity contribution >= 4 is 22.6 Å². The molecule has 0 amide bonds. The van der Waals surface area contributed by atoms with Crippen molar-refractivity contribution in [3.8, 4) is 11.1 Å². The molecule has 0 saturated carbocycles. The molecule has 0 aliphatic rings. The van der Waals surface area contributed by atoms with Gasteiger partial charge in [0.1, 0.15) is 12.1 Å². The van der Waals surface area contributed by atoms with Gasteiger partial charge in [-0.05, 0) is 18.2 Å². The van der Waals surface area contributed by atoms with Crippen molar-refractivity contribution in [1.29, 1.82) is 0 Å². The molecule has 0 unspecified atom stereocenters. The number of fused-ring (bicyclic) bond motifs is 1. The van der Waals surface area contributed by atoms with Crippen molar-refractivity contribution in [2.75, 3.05) is 0 Å². The van der Waals surface area contributed by atoms with Gasteiger partial charge in [0.05, 0.1) is 12.5 Å². The van der Waals surface area contributed by atoms with Gasteiger partial charge in [0.2, 0.25) is 0 Å². The summed E-state index contributed by atoms with van der Waals surface area (Å²) >= 11 is 6.14. The Balaban J connectivity index is 2.00. The number of aromatic nitrogens is 2. The van der Waals surface area contributed by atoms with Crippen LogP contribution in [0.4, 0.5) is 13.2 Å². The number of alkyl halides is 3. The number of rotatable bonds is 2. The average Bonchev–Trinajstić information content (AvgIpc) is 2.94. The van der Waals surface area contributed by atoms with Crippen LogP contribution in [0.15, 0.2) is 41.3 Å². The number of hydrogen-bond donors (Lipinski definition) is 0. The van der Waals surface area contributed by atoms with Crippen LogP contribution in [0.1, 0.15) is 0 Å². The monoisotopic (exact) mass is 300 g/mol. The molecule has 3 aromatic rings. The van der Waals surface area contributed by atoms with Gasteiger partial charge in [-0.25, -0.2) is 0 Å². The molecule has 20 heavy (non-hydrogen) atoms. The molecule has 0 spiro atoms. The summed E-state index contributed by atoms with van der Waals surface area (Å²) in [5.41, 5.74) is 1.72. The normalized spacial score (nSPS) is 12.2. The molecule has 104 valence electrons. The predicted molar refractivity (Wildman–Crippen MR) is 68.5 cm³/mol. The van der Waals surface area contributed by atoms with E-state index in [-0.39, 0.29) is 0 Å². The van der Waals surface area contributed by atoms with E-state index < -0.39 is 12.7 Å². The smallest absolute Gasteiger partial charge is 0.408 e. The van der Waals surface area contributed by atoms with E-state index in [0.717, 1.165) is 10.1 Å². The van der Waals surface area contributed by atoms with Gasteiger partial charge in [-0.1, -0.05) is 11.6 Å². The number of benzene rings is 1. The SMILES string of the molecule is FC(F)(F)Cn1cc(-c2cc3occc3cc2Cl)cn1. The fraction of sp³-hybridized carbons (Fsp3) is 0.154. The Bertz CT molecular complexity index is 760. The third-order valence-corrected chi connectivity index (χ3v) is 3.14. The molecular formula is C13H8ClF3N2O. The van der Waals surface area contributed by atoms with Crippen LogP contribution < -0.4 is 0 Å². The molecule has 0 radical (unpaired) electrons. The van der Waals surface area contributed by atoms with E-state index in [4.69, 9.17) is 16.0 Å². The van der Waals surface area contributed by atoms with Crippen molar-refractivity contribution in [2.45, 2.75) is 12.7 Å². The van der Waals surface area contributed by atoms with Crippen LogP contribution >= 0.6 is 11.6 Å². The Morgan fingerprint density at radius 1 is 1.30 bits per heavy atom. The van der Waals surface area contributed by atoms with Crippen LogP contribution in [0.3, 0.4) is 0 Å². The van der Waals surface area contributed by atoms with Gasteiger partial charge in [0, 0.05) is 27.7 Å². The molecule has 0 N–H and O–H groups in total. The summed E-state index contributed by atoms with van der Waals surface area (Å²) in [7, 11) is 0. The topological polar surface area (TPSA) is 31.0 Å². The van der Waals surface area contributed by atoms with E-state index >= 15 is 0 Å². The molecule has 3 nitrogen and oxygen atoms in total. The highest BCUT2D eigenvalue weighted by Gasteiger charge is 2.28. The molecule has 2 heterocycles. The third-order valence-electron chi connectivity index (χ3n) is 2.83. The maximum atomic E-state index is 12.3. The maximum absolute atomic E-state index is 12.3. The minimum absolute atomic E-state index is 0.436. The molecule has 7 heteroatoms. The highest BCUT2D eigenvalue weighted by molar-refractivity contribution is 6.34. The van der Waals surface area contributed by atoms with E-state index in [1.807, 2.05) is 0 Å². The molecule has 0 atom stereocenters. The zero-order chi connectivity index (χ0) is 14.3. The average molecular weight is 301 g/mol. The van der Waals surface area contributed by atoms with Crippen LogP contribution in [0.5, 0.6) is 0 Å². The highest BCUT2D eigenvalue weighted by atomic mass is 35.5. The quantitative estimate of drug-likeness (QED) is 0.697. The minimum Gasteiger partial charge on any atom is -0.464 e. The number of hydrogen-bond acceptors (Lipinski definition) is 2. The van der Waals surface area contributed by atoms with Crippen LogP contribution in [0.25, 0.3) is 22.1 Å². The molecule has 0 bridgehead atoms. The fourth-order valence-electron chi connectivity index (χ4n) is 1.98. The molecule has 3 rings (SSSR count). The Labute approximate surface area is 116 Å². The van der Waals surface area contributed by atoms with E-state index in [1.165, 1.54) is 18.7 Å². The number of halogens is 4. The summed E-state index contributed by atoms with van der Waals surface area (Å²) in [6.07, 6.45) is -0.124. The first kappa shape index (κ1) is 13.1. The zero-order valence-electron chi connectivity index (χ0n) is 9.99. The standard InChI is InChI=1S/C13H8ClF3N2O/c14-11-3-8-1-2-20-12(8)4-10(11)9-5-18-19(6-9)7-13(15,16)17/h1-6H,7H2. The van der Waals surface area contributed by atoms with Gasteiger partial charge in [-0.2, -0.15) is 18.3 Å². The van der Waals surface area contributed by atoms with Gasteiger partial charge in [0.15, 0.2) is 0 Å². The zero-order valence-corrected chi connectivity index (χ0v) is 10.7. The second kappa shape index (κ2) is 4.56. The lowest BCUT2D eigenvalue weighted by molar-refractivity contribution is -0.142. The Kier molecular flexibility index (Phi) is 2.97. The second-order valence-electron chi connectivity index (χ2n) is 4.33. The minimum atomic E-state index is -4.31. The summed E-state index contributed by atoms with van der Waals surface area (Å²) in [4.78, 5) is 0. The summed E-state index contributed by atoms with van der Waals surface area (Å²) in [5.74, 6) is 0. The lowest BCUT2D eigenvalue weighted by Crippen LogP contribution is -2.17. The lowest BCUT2D eigenvalue weighted by atomic mass is 10.1. The van der Waals surface area contributed by atoms with Crippen LogP contribution in [0, 0.1) is 0 Å². The van der Waals surface area contributed by atoms with Gasteiger partial charge in [0.25, 0.3) is 0 Å². The van der Waals surface area contributed by atoms with Crippen molar-refractivity contribution in [2.24, 2.45) is 0 Å². The van der Waals surface area contributed by atoms with Crippen molar-refractivity contribution in [3.63, 3.8) is 0 Å². The number of furan rings is 1. The van der Waals surface area contributed by atoms with Crippen LogP contribution in [-0.2, 0) is 6.54 Å². The first-order valence-electron chi connectivity index (χ1n) is 5.69. The van der Waals surface area contributed by atoms with Crippen molar-refractivity contribution < 1.29 is 17.6 Å². The van der Waals surface area contributed by atoms with Gasteiger partial charge >= 0.3 is 6.18 Å².